The zero-order valence-electron chi connectivity index (χ0n) is 16.7. The molecule has 0 spiro atoms. The Hall–Kier alpha value is -2.57. The predicted molar refractivity (Wildman–Crippen MR) is 104 cm³/mol. The minimum absolute atomic E-state index is 0.177. The highest BCUT2D eigenvalue weighted by atomic mass is 16.5. The number of benzene rings is 1. The number of carbonyl (C=O) groups is 3. The maximum Gasteiger partial charge on any atom is 0.338 e. The summed E-state index contributed by atoms with van der Waals surface area (Å²) in [4.78, 5) is 35.7. The lowest BCUT2D eigenvalue weighted by Gasteiger charge is -2.30. The summed E-state index contributed by atoms with van der Waals surface area (Å²) < 4.78 is 16.3. The summed E-state index contributed by atoms with van der Waals surface area (Å²) in [6.45, 7) is 0. The standard InChI is InChI=1S/C22H28O7/c1-27-17-8-4-15(5-9-17)21(25)29-19-12-6-16(7-13-19)22(26)28-18-10-2-14(3-11-18)20(23)24/h4-5,8-9,14,16,18-19H,2-3,6-7,10-13H2,1H3,(H,23,24). The zero-order chi connectivity index (χ0) is 20.8. The Balaban J connectivity index is 1.40. The van der Waals surface area contributed by atoms with Crippen LogP contribution >= 0.6 is 0 Å². The molecule has 7 heteroatoms. The van der Waals surface area contributed by atoms with Crippen molar-refractivity contribution >= 4 is 17.9 Å². The van der Waals surface area contributed by atoms with E-state index < -0.39 is 5.97 Å². The van der Waals surface area contributed by atoms with Crippen molar-refractivity contribution in [3.05, 3.63) is 29.8 Å². The molecule has 2 fully saturated rings. The van der Waals surface area contributed by atoms with Crippen LogP contribution in [0.2, 0.25) is 0 Å². The lowest BCUT2D eigenvalue weighted by atomic mass is 9.86. The molecule has 0 aromatic heterocycles. The maximum atomic E-state index is 12.4. The van der Waals surface area contributed by atoms with Gasteiger partial charge in [-0.25, -0.2) is 4.79 Å². The van der Waals surface area contributed by atoms with E-state index in [2.05, 4.69) is 0 Å². The van der Waals surface area contributed by atoms with Crippen LogP contribution in [0.15, 0.2) is 24.3 Å². The fraction of sp³-hybridized carbons (Fsp3) is 0.591. The lowest BCUT2D eigenvalue weighted by Crippen LogP contribution is -2.33. The molecule has 158 valence electrons. The van der Waals surface area contributed by atoms with Crippen LogP contribution in [0.3, 0.4) is 0 Å². The number of methoxy groups -OCH3 is 1. The van der Waals surface area contributed by atoms with Crippen molar-refractivity contribution in [1.82, 2.24) is 0 Å². The number of carbonyl (C=O) groups excluding carboxylic acids is 2. The van der Waals surface area contributed by atoms with Crippen LogP contribution in [-0.2, 0) is 19.1 Å². The minimum atomic E-state index is -0.766. The van der Waals surface area contributed by atoms with Crippen LogP contribution in [-0.4, -0.2) is 42.3 Å². The third-order valence-electron chi connectivity index (χ3n) is 5.91. The summed E-state index contributed by atoms with van der Waals surface area (Å²) >= 11 is 0. The summed E-state index contributed by atoms with van der Waals surface area (Å²) in [5, 5.41) is 9.04. The zero-order valence-corrected chi connectivity index (χ0v) is 16.7. The molecule has 29 heavy (non-hydrogen) atoms. The first-order valence-corrected chi connectivity index (χ1v) is 10.2. The second-order valence-corrected chi connectivity index (χ2v) is 7.86. The topological polar surface area (TPSA) is 99.1 Å². The number of aliphatic carboxylic acids is 1. The van der Waals surface area contributed by atoms with Crippen molar-refractivity contribution < 1.29 is 33.7 Å². The molecule has 0 bridgehead atoms. The summed E-state index contributed by atoms with van der Waals surface area (Å²) in [6, 6.07) is 6.77. The first-order valence-electron chi connectivity index (χ1n) is 10.2. The molecule has 1 aromatic rings. The van der Waals surface area contributed by atoms with Crippen molar-refractivity contribution in [2.24, 2.45) is 11.8 Å². The van der Waals surface area contributed by atoms with Crippen LogP contribution < -0.4 is 4.74 Å². The van der Waals surface area contributed by atoms with E-state index in [1.54, 1.807) is 31.4 Å². The Morgan fingerprint density at radius 2 is 1.31 bits per heavy atom. The van der Waals surface area contributed by atoms with Gasteiger partial charge < -0.3 is 19.3 Å². The van der Waals surface area contributed by atoms with E-state index in [0.29, 0.717) is 62.7 Å². The van der Waals surface area contributed by atoms with Gasteiger partial charge in [0.2, 0.25) is 0 Å². The monoisotopic (exact) mass is 404 g/mol. The molecular weight excluding hydrogens is 376 g/mol. The summed E-state index contributed by atoms with van der Waals surface area (Å²) in [6.07, 6.45) is 4.48. The summed E-state index contributed by atoms with van der Waals surface area (Å²) in [5.41, 5.74) is 0.476. The van der Waals surface area contributed by atoms with Gasteiger partial charge in [0.15, 0.2) is 0 Å². The Bertz CT molecular complexity index is 711. The molecule has 0 radical (unpaired) electrons. The SMILES string of the molecule is COc1ccc(C(=O)OC2CCC(C(=O)OC3CCC(C(=O)O)CC3)CC2)cc1. The van der Waals surface area contributed by atoms with Gasteiger partial charge in [-0.1, -0.05) is 0 Å². The Labute approximate surface area is 170 Å². The second-order valence-electron chi connectivity index (χ2n) is 7.86. The van der Waals surface area contributed by atoms with E-state index in [4.69, 9.17) is 19.3 Å². The second kappa shape index (κ2) is 9.76. The van der Waals surface area contributed by atoms with Gasteiger partial charge in [0.25, 0.3) is 0 Å². The average molecular weight is 404 g/mol. The molecule has 0 saturated heterocycles. The molecule has 2 aliphatic carbocycles. The third kappa shape index (κ3) is 5.71. The number of hydrogen-bond donors (Lipinski definition) is 1. The lowest BCUT2D eigenvalue weighted by molar-refractivity contribution is -0.158. The van der Waals surface area contributed by atoms with Gasteiger partial charge in [-0.2, -0.15) is 0 Å². The summed E-state index contributed by atoms with van der Waals surface area (Å²) in [5.74, 6) is -1.16. The fourth-order valence-electron chi connectivity index (χ4n) is 4.05. The molecule has 0 atom stereocenters. The minimum Gasteiger partial charge on any atom is -0.497 e. The molecule has 1 N–H and O–H groups in total. The predicted octanol–water partition coefficient (Wildman–Crippen LogP) is 3.60. The molecule has 2 aliphatic rings. The van der Waals surface area contributed by atoms with E-state index >= 15 is 0 Å². The largest absolute Gasteiger partial charge is 0.497 e. The van der Waals surface area contributed by atoms with Crippen LogP contribution in [0.25, 0.3) is 0 Å². The van der Waals surface area contributed by atoms with Gasteiger partial charge in [-0.15, -0.1) is 0 Å². The Morgan fingerprint density at radius 3 is 1.83 bits per heavy atom. The average Bonchev–Trinajstić information content (AvgIpc) is 2.74. The molecule has 0 unspecified atom stereocenters. The van der Waals surface area contributed by atoms with Gasteiger partial charge in [0.1, 0.15) is 18.0 Å². The van der Waals surface area contributed by atoms with Crippen molar-refractivity contribution in [3.8, 4) is 5.75 Å². The van der Waals surface area contributed by atoms with E-state index in [-0.39, 0.29) is 36.0 Å². The molecule has 7 nitrogen and oxygen atoms in total. The summed E-state index contributed by atoms with van der Waals surface area (Å²) in [7, 11) is 1.57. The number of carboxylic acid groups (broad SMARTS) is 1. The van der Waals surface area contributed by atoms with Crippen molar-refractivity contribution in [2.45, 2.75) is 63.6 Å². The number of rotatable bonds is 6. The molecule has 3 rings (SSSR count). The maximum absolute atomic E-state index is 12.4. The molecule has 2 saturated carbocycles. The normalized spacial score (nSPS) is 26.9. The highest BCUT2D eigenvalue weighted by Gasteiger charge is 2.33. The van der Waals surface area contributed by atoms with Crippen LogP contribution in [0.1, 0.15) is 61.7 Å². The van der Waals surface area contributed by atoms with Gasteiger partial charge in [-0.3, -0.25) is 9.59 Å². The first-order chi connectivity index (χ1) is 14.0. The van der Waals surface area contributed by atoms with Gasteiger partial charge in [-0.05, 0) is 75.6 Å². The van der Waals surface area contributed by atoms with E-state index in [1.165, 1.54) is 0 Å². The van der Waals surface area contributed by atoms with Gasteiger partial charge in [0, 0.05) is 0 Å². The van der Waals surface area contributed by atoms with Gasteiger partial charge >= 0.3 is 17.9 Å². The van der Waals surface area contributed by atoms with E-state index in [0.717, 1.165) is 0 Å². The Kier molecular flexibility index (Phi) is 7.12. The smallest absolute Gasteiger partial charge is 0.338 e. The quantitative estimate of drug-likeness (QED) is 0.723. The number of esters is 2. The highest BCUT2D eigenvalue weighted by Crippen LogP contribution is 2.31. The number of carboxylic acids is 1. The highest BCUT2D eigenvalue weighted by molar-refractivity contribution is 5.89. The van der Waals surface area contributed by atoms with Crippen LogP contribution in [0.5, 0.6) is 5.75 Å². The van der Waals surface area contributed by atoms with E-state index in [9.17, 15) is 14.4 Å². The Morgan fingerprint density at radius 1 is 0.793 bits per heavy atom. The van der Waals surface area contributed by atoms with Crippen molar-refractivity contribution in [3.63, 3.8) is 0 Å². The third-order valence-corrected chi connectivity index (χ3v) is 5.91. The van der Waals surface area contributed by atoms with Crippen LogP contribution in [0, 0.1) is 11.8 Å². The van der Waals surface area contributed by atoms with Crippen LogP contribution in [0.4, 0.5) is 0 Å². The molecule has 1 aromatic carbocycles. The molecule has 0 heterocycles. The molecule has 0 aliphatic heterocycles. The number of ether oxygens (including phenoxy) is 3. The van der Waals surface area contributed by atoms with Gasteiger partial charge in [0.05, 0.1) is 24.5 Å². The molecular formula is C22H28O7. The first kappa shape index (κ1) is 21.1. The van der Waals surface area contributed by atoms with Crippen molar-refractivity contribution in [1.29, 1.82) is 0 Å². The fourth-order valence-corrected chi connectivity index (χ4v) is 4.05. The molecule has 0 amide bonds. The van der Waals surface area contributed by atoms with Crippen molar-refractivity contribution in [2.75, 3.05) is 7.11 Å². The van der Waals surface area contributed by atoms with E-state index in [1.807, 2.05) is 0 Å². The number of hydrogen-bond acceptors (Lipinski definition) is 6.